The monoisotopic (exact) mass is 252 g/mol. The standard InChI is InChI=1S/C15H12N2O2/c1-11-3-2-4-13(9-11)17-10-12(5-6-14(17)18)15-16-7-8-19-15/h2-10H,1H3. The van der Waals surface area contributed by atoms with Crippen molar-refractivity contribution in [2.45, 2.75) is 6.92 Å². The second-order valence-corrected chi connectivity index (χ2v) is 4.30. The predicted molar refractivity (Wildman–Crippen MR) is 72.3 cm³/mol. The largest absolute Gasteiger partial charge is 0.444 e. The van der Waals surface area contributed by atoms with Gasteiger partial charge in [0.1, 0.15) is 6.26 Å². The molecule has 94 valence electrons. The van der Waals surface area contributed by atoms with E-state index in [2.05, 4.69) is 4.98 Å². The van der Waals surface area contributed by atoms with E-state index in [4.69, 9.17) is 4.42 Å². The summed E-state index contributed by atoms with van der Waals surface area (Å²) in [6.07, 6.45) is 4.83. The van der Waals surface area contributed by atoms with E-state index >= 15 is 0 Å². The molecule has 4 nitrogen and oxygen atoms in total. The molecule has 0 spiro atoms. The Morgan fingerprint density at radius 3 is 2.84 bits per heavy atom. The molecule has 2 heterocycles. The highest BCUT2D eigenvalue weighted by Crippen LogP contribution is 2.17. The van der Waals surface area contributed by atoms with Crippen molar-refractivity contribution in [3.63, 3.8) is 0 Å². The van der Waals surface area contributed by atoms with Crippen LogP contribution in [0, 0.1) is 6.92 Å². The summed E-state index contributed by atoms with van der Waals surface area (Å²) in [7, 11) is 0. The third-order valence-corrected chi connectivity index (χ3v) is 2.87. The summed E-state index contributed by atoms with van der Waals surface area (Å²) in [5.74, 6) is 0.501. The third kappa shape index (κ3) is 2.20. The molecule has 4 heteroatoms. The summed E-state index contributed by atoms with van der Waals surface area (Å²) in [5.41, 5.74) is 2.62. The molecule has 1 aromatic carbocycles. The number of rotatable bonds is 2. The molecule has 0 atom stereocenters. The summed E-state index contributed by atoms with van der Waals surface area (Å²) in [4.78, 5) is 16.1. The van der Waals surface area contributed by atoms with Gasteiger partial charge in [-0.2, -0.15) is 0 Å². The van der Waals surface area contributed by atoms with Gasteiger partial charge >= 0.3 is 0 Å². The predicted octanol–water partition coefficient (Wildman–Crippen LogP) is 2.80. The molecule has 0 aliphatic carbocycles. The number of hydrogen-bond acceptors (Lipinski definition) is 3. The van der Waals surface area contributed by atoms with Gasteiger partial charge in [0.15, 0.2) is 0 Å². The maximum Gasteiger partial charge on any atom is 0.255 e. The number of benzene rings is 1. The molecule has 2 aromatic heterocycles. The number of hydrogen-bond donors (Lipinski definition) is 0. The molecule has 19 heavy (non-hydrogen) atoms. The molecular weight excluding hydrogens is 240 g/mol. The van der Waals surface area contributed by atoms with Gasteiger partial charge in [-0.05, 0) is 30.7 Å². The van der Waals surface area contributed by atoms with Crippen LogP contribution in [0.3, 0.4) is 0 Å². The fourth-order valence-electron chi connectivity index (χ4n) is 1.96. The van der Waals surface area contributed by atoms with E-state index < -0.39 is 0 Å². The number of oxazole rings is 1. The lowest BCUT2D eigenvalue weighted by molar-refractivity contribution is 0.574. The zero-order valence-electron chi connectivity index (χ0n) is 10.4. The Balaban J connectivity index is 2.16. The van der Waals surface area contributed by atoms with Crippen LogP contribution in [0.1, 0.15) is 5.56 Å². The van der Waals surface area contributed by atoms with Crippen molar-refractivity contribution in [2.24, 2.45) is 0 Å². The molecule has 3 rings (SSSR count). The minimum Gasteiger partial charge on any atom is -0.444 e. The Kier molecular flexibility index (Phi) is 2.76. The first-order valence-electron chi connectivity index (χ1n) is 5.94. The second kappa shape index (κ2) is 4.57. The Labute approximate surface area is 110 Å². The van der Waals surface area contributed by atoms with Crippen molar-refractivity contribution in [2.75, 3.05) is 0 Å². The van der Waals surface area contributed by atoms with Crippen molar-refractivity contribution >= 4 is 0 Å². The lowest BCUT2D eigenvalue weighted by atomic mass is 10.2. The Morgan fingerprint density at radius 2 is 2.11 bits per heavy atom. The van der Waals surface area contributed by atoms with Gasteiger partial charge in [0, 0.05) is 18.0 Å². The van der Waals surface area contributed by atoms with Gasteiger partial charge in [0.05, 0.1) is 11.8 Å². The van der Waals surface area contributed by atoms with Crippen molar-refractivity contribution < 1.29 is 4.42 Å². The first-order chi connectivity index (χ1) is 9.24. The van der Waals surface area contributed by atoms with Crippen LogP contribution in [-0.2, 0) is 0 Å². The first-order valence-corrected chi connectivity index (χ1v) is 5.94. The summed E-state index contributed by atoms with van der Waals surface area (Å²) >= 11 is 0. The average Bonchev–Trinajstić information content (AvgIpc) is 2.93. The summed E-state index contributed by atoms with van der Waals surface area (Å²) in [6.45, 7) is 1.99. The van der Waals surface area contributed by atoms with E-state index in [0.29, 0.717) is 5.89 Å². The van der Waals surface area contributed by atoms with E-state index in [1.54, 1.807) is 23.0 Å². The zero-order chi connectivity index (χ0) is 13.2. The molecule has 0 N–H and O–H groups in total. The molecule has 0 unspecified atom stereocenters. The molecule has 0 amide bonds. The van der Waals surface area contributed by atoms with Crippen molar-refractivity contribution in [1.29, 1.82) is 0 Å². The third-order valence-electron chi connectivity index (χ3n) is 2.87. The van der Waals surface area contributed by atoms with Crippen LogP contribution < -0.4 is 5.56 Å². The van der Waals surface area contributed by atoms with E-state index in [0.717, 1.165) is 16.8 Å². The minimum absolute atomic E-state index is 0.0825. The SMILES string of the molecule is Cc1cccc(-n2cc(-c3ncco3)ccc2=O)c1. The van der Waals surface area contributed by atoms with Gasteiger partial charge in [-0.1, -0.05) is 12.1 Å². The van der Waals surface area contributed by atoms with Crippen LogP contribution in [0.2, 0.25) is 0 Å². The van der Waals surface area contributed by atoms with Crippen molar-refractivity contribution in [1.82, 2.24) is 9.55 Å². The highest BCUT2D eigenvalue weighted by atomic mass is 16.3. The average molecular weight is 252 g/mol. The van der Waals surface area contributed by atoms with Gasteiger partial charge in [-0.25, -0.2) is 4.98 Å². The van der Waals surface area contributed by atoms with Crippen LogP contribution in [0.4, 0.5) is 0 Å². The fraction of sp³-hybridized carbons (Fsp3) is 0.0667. The van der Waals surface area contributed by atoms with Crippen molar-refractivity contribution in [3.05, 3.63) is 71.0 Å². The molecule has 3 aromatic rings. The number of pyridine rings is 1. The van der Waals surface area contributed by atoms with Crippen LogP contribution in [-0.4, -0.2) is 9.55 Å². The molecule has 0 radical (unpaired) electrons. The molecule has 0 fully saturated rings. The highest BCUT2D eigenvalue weighted by molar-refractivity contribution is 5.52. The molecular formula is C15H12N2O2. The maximum atomic E-state index is 12.0. The topological polar surface area (TPSA) is 48.0 Å². The van der Waals surface area contributed by atoms with E-state index in [9.17, 15) is 4.79 Å². The summed E-state index contributed by atoms with van der Waals surface area (Å²) < 4.78 is 6.84. The van der Waals surface area contributed by atoms with E-state index in [1.165, 1.54) is 12.3 Å². The van der Waals surface area contributed by atoms with Gasteiger partial charge in [0.25, 0.3) is 5.56 Å². The Bertz CT molecular complexity index is 758. The lowest BCUT2D eigenvalue weighted by Gasteiger charge is -2.07. The molecule has 0 bridgehead atoms. The second-order valence-electron chi connectivity index (χ2n) is 4.30. The maximum absolute atomic E-state index is 12.0. The number of nitrogens with zero attached hydrogens (tertiary/aromatic N) is 2. The number of aromatic nitrogens is 2. The Hall–Kier alpha value is -2.62. The smallest absolute Gasteiger partial charge is 0.255 e. The fourth-order valence-corrected chi connectivity index (χ4v) is 1.96. The van der Waals surface area contributed by atoms with Crippen LogP contribution in [0.15, 0.2) is 64.3 Å². The molecule has 0 saturated heterocycles. The zero-order valence-corrected chi connectivity index (χ0v) is 10.4. The quantitative estimate of drug-likeness (QED) is 0.704. The lowest BCUT2D eigenvalue weighted by Crippen LogP contribution is -2.16. The van der Waals surface area contributed by atoms with Crippen LogP contribution in [0.25, 0.3) is 17.1 Å². The molecule has 0 saturated carbocycles. The number of aryl methyl sites for hydroxylation is 1. The van der Waals surface area contributed by atoms with E-state index in [-0.39, 0.29) is 5.56 Å². The Morgan fingerprint density at radius 1 is 1.21 bits per heavy atom. The molecule has 0 aliphatic heterocycles. The van der Waals surface area contributed by atoms with Gasteiger partial charge in [0.2, 0.25) is 5.89 Å². The molecule has 0 aliphatic rings. The summed E-state index contributed by atoms with van der Waals surface area (Å²) in [5, 5.41) is 0. The van der Waals surface area contributed by atoms with Crippen LogP contribution in [0.5, 0.6) is 0 Å². The van der Waals surface area contributed by atoms with E-state index in [1.807, 2.05) is 31.2 Å². The highest BCUT2D eigenvalue weighted by Gasteiger charge is 2.06. The van der Waals surface area contributed by atoms with Gasteiger partial charge in [-0.3, -0.25) is 9.36 Å². The first kappa shape index (κ1) is 11.5. The van der Waals surface area contributed by atoms with Gasteiger partial charge < -0.3 is 4.42 Å². The summed E-state index contributed by atoms with van der Waals surface area (Å²) in [6, 6.07) is 11.0. The van der Waals surface area contributed by atoms with Gasteiger partial charge in [-0.15, -0.1) is 0 Å². The normalized spacial score (nSPS) is 10.6. The minimum atomic E-state index is -0.0825. The van der Waals surface area contributed by atoms with Crippen LogP contribution >= 0.6 is 0 Å². The van der Waals surface area contributed by atoms with Crippen molar-refractivity contribution in [3.8, 4) is 17.1 Å².